The van der Waals surface area contributed by atoms with Gasteiger partial charge in [0.1, 0.15) is 0 Å². The zero-order valence-corrected chi connectivity index (χ0v) is 13.3. The average Bonchev–Trinajstić information content (AvgIpc) is 3.19. The van der Waals surface area contributed by atoms with E-state index in [2.05, 4.69) is 25.2 Å². The molecule has 1 N–H and O–H groups in total. The minimum absolute atomic E-state index is 0.327. The Balaban J connectivity index is 2.04. The van der Waals surface area contributed by atoms with Crippen molar-refractivity contribution in [1.82, 2.24) is 5.32 Å². The van der Waals surface area contributed by atoms with E-state index < -0.39 is 0 Å². The molecule has 1 aromatic rings. The number of benzene rings is 1. The minimum Gasteiger partial charge on any atom is -0.307 e. The molecule has 1 aromatic carbocycles. The Bertz CT molecular complexity index is 415. The monoisotopic (exact) mass is 299 g/mol. The highest BCUT2D eigenvalue weighted by atomic mass is 35.5. The van der Waals surface area contributed by atoms with Gasteiger partial charge in [0.05, 0.1) is 0 Å². The SMILES string of the molecule is CCC(CC1CC1)NC(CC)c1ccc(Cl)cc1Cl. The van der Waals surface area contributed by atoms with Crippen LogP contribution in [0, 0.1) is 5.92 Å². The fourth-order valence-corrected chi connectivity index (χ4v) is 3.14. The summed E-state index contributed by atoms with van der Waals surface area (Å²) in [5, 5.41) is 5.25. The van der Waals surface area contributed by atoms with Gasteiger partial charge in [-0.2, -0.15) is 0 Å². The van der Waals surface area contributed by atoms with Crippen LogP contribution >= 0.6 is 23.2 Å². The van der Waals surface area contributed by atoms with Crippen LogP contribution in [0.15, 0.2) is 18.2 Å². The maximum atomic E-state index is 6.32. The van der Waals surface area contributed by atoms with Gasteiger partial charge >= 0.3 is 0 Å². The molecule has 0 amide bonds. The van der Waals surface area contributed by atoms with Crippen molar-refractivity contribution in [3.8, 4) is 0 Å². The van der Waals surface area contributed by atoms with E-state index in [1.165, 1.54) is 31.2 Å². The molecule has 2 rings (SSSR count). The first kappa shape index (κ1) is 15.2. The number of nitrogens with one attached hydrogen (secondary N) is 1. The molecule has 1 nitrogen and oxygen atoms in total. The molecule has 3 heteroatoms. The summed E-state index contributed by atoms with van der Waals surface area (Å²) >= 11 is 12.3. The molecule has 106 valence electrons. The summed E-state index contributed by atoms with van der Waals surface area (Å²) in [5.74, 6) is 0.954. The lowest BCUT2D eigenvalue weighted by atomic mass is 10.0. The topological polar surface area (TPSA) is 12.0 Å². The van der Waals surface area contributed by atoms with Gasteiger partial charge in [-0.1, -0.05) is 56.0 Å². The van der Waals surface area contributed by atoms with E-state index in [0.29, 0.717) is 17.1 Å². The fourth-order valence-electron chi connectivity index (χ4n) is 2.60. The zero-order chi connectivity index (χ0) is 13.8. The number of halogens is 2. The van der Waals surface area contributed by atoms with Crippen molar-refractivity contribution in [2.75, 3.05) is 0 Å². The second-order valence-corrected chi connectivity index (χ2v) is 6.42. The van der Waals surface area contributed by atoms with Crippen molar-refractivity contribution < 1.29 is 0 Å². The largest absolute Gasteiger partial charge is 0.307 e. The summed E-state index contributed by atoms with van der Waals surface area (Å²) in [6.07, 6.45) is 6.35. The Kier molecular flexibility index (Phi) is 5.56. The van der Waals surface area contributed by atoms with Crippen LogP contribution in [0.25, 0.3) is 0 Å². The van der Waals surface area contributed by atoms with E-state index in [4.69, 9.17) is 23.2 Å². The van der Waals surface area contributed by atoms with E-state index in [-0.39, 0.29) is 0 Å². The average molecular weight is 300 g/mol. The van der Waals surface area contributed by atoms with E-state index in [9.17, 15) is 0 Å². The lowest BCUT2D eigenvalue weighted by molar-refractivity contribution is 0.383. The van der Waals surface area contributed by atoms with Gasteiger partial charge in [0, 0.05) is 22.1 Å². The Morgan fingerprint density at radius 1 is 1.21 bits per heavy atom. The van der Waals surface area contributed by atoms with Crippen LogP contribution in [-0.4, -0.2) is 6.04 Å². The fraction of sp³-hybridized carbons (Fsp3) is 0.625. The van der Waals surface area contributed by atoms with Gasteiger partial charge in [0.15, 0.2) is 0 Å². The molecule has 0 saturated heterocycles. The Labute approximate surface area is 126 Å². The summed E-state index contributed by atoms with van der Waals surface area (Å²) in [4.78, 5) is 0. The molecule has 0 heterocycles. The molecule has 1 saturated carbocycles. The van der Waals surface area contributed by atoms with E-state index >= 15 is 0 Å². The van der Waals surface area contributed by atoms with Gasteiger partial charge in [0.2, 0.25) is 0 Å². The van der Waals surface area contributed by atoms with Gasteiger partial charge in [-0.3, -0.25) is 0 Å². The number of rotatable bonds is 7. The summed E-state index contributed by atoms with van der Waals surface area (Å²) in [7, 11) is 0. The molecule has 0 aliphatic heterocycles. The maximum absolute atomic E-state index is 6.32. The molecule has 1 aliphatic rings. The summed E-state index contributed by atoms with van der Waals surface area (Å²) in [5.41, 5.74) is 1.17. The Hall–Kier alpha value is -0.240. The molecule has 0 aromatic heterocycles. The lowest BCUT2D eigenvalue weighted by Gasteiger charge is -2.25. The first-order chi connectivity index (χ1) is 9.13. The molecule has 2 atom stereocenters. The standard InChI is InChI=1S/C16H23Cl2N/c1-3-13(9-11-5-6-11)19-16(4-2)14-8-7-12(17)10-15(14)18/h7-8,10-11,13,16,19H,3-6,9H2,1-2H3. The maximum Gasteiger partial charge on any atom is 0.0468 e. The Morgan fingerprint density at radius 2 is 1.95 bits per heavy atom. The van der Waals surface area contributed by atoms with Crippen LogP contribution in [0.3, 0.4) is 0 Å². The van der Waals surface area contributed by atoms with Crippen molar-refractivity contribution in [3.63, 3.8) is 0 Å². The van der Waals surface area contributed by atoms with Crippen molar-refractivity contribution in [2.24, 2.45) is 5.92 Å². The first-order valence-electron chi connectivity index (χ1n) is 7.35. The highest BCUT2D eigenvalue weighted by Gasteiger charge is 2.26. The second kappa shape index (κ2) is 6.97. The molecule has 0 bridgehead atoms. The quantitative estimate of drug-likeness (QED) is 0.690. The lowest BCUT2D eigenvalue weighted by Crippen LogP contribution is -2.32. The van der Waals surface area contributed by atoms with Crippen molar-refractivity contribution in [1.29, 1.82) is 0 Å². The van der Waals surface area contributed by atoms with Crippen LogP contribution in [0.1, 0.15) is 57.6 Å². The predicted octanol–water partition coefficient (Wildman–Crippen LogP) is 5.61. The second-order valence-electron chi connectivity index (χ2n) is 5.58. The van der Waals surface area contributed by atoms with E-state index in [1.807, 2.05) is 12.1 Å². The molecule has 0 radical (unpaired) electrons. The van der Waals surface area contributed by atoms with Crippen molar-refractivity contribution in [2.45, 2.75) is 58.0 Å². The van der Waals surface area contributed by atoms with Crippen LogP contribution in [0.2, 0.25) is 10.0 Å². The third-order valence-electron chi connectivity index (χ3n) is 3.99. The van der Waals surface area contributed by atoms with Gasteiger partial charge in [-0.05, 0) is 42.9 Å². The van der Waals surface area contributed by atoms with Crippen LogP contribution in [-0.2, 0) is 0 Å². The van der Waals surface area contributed by atoms with Gasteiger partial charge in [-0.25, -0.2) is 0 Å². The Morgan fingerprint density at radius 3 is 2.47 bits per heavy atom. The predicted molar refractivity (Wildman–Crippen MR) is 84.0 cm³/mol. The summed E-state index contributed by atoms with van der Waals surface area (Å²) in [6, 6.07) is 6.74. The van der Waals surface area contributed by atoms with Gasteiger partial charge < -0.3 is 5.32 Å². The minimum atomic E-state index is 0.327. The smallest absolute Gasteiger partial charge is 0.0468 e. The molecular weight excluding hydrogens is 277 g/mol. The van der Waals surface area contributed by atoms with Crippen LogP contribution < -0.4 is 5.32 Å². The van der Waals surface area contributed by atoms with E-state index in [1.54, 1.807) is 0 Å². The molecule has 1 fully saturated rings. The van der Waals surface area contributed by atoms with Crippen LogP contribution in [0.5, 0.6) is 0 Å². The summed E-state index contributed by atoms with van der Waals surface area (Å²) in [6.45, 7) is 4.46. The molecular formula is C16H23Cl2N. The number of hydrogen-bond acceptors (Lipinski definition) is 1. The number of hydrogen-bond donors (Lipinski definition) is 1. The molecule has 19 heavy (non-hydrogen) atoms. The van der Waals surface area contributed by atoms with Crippen molar-refractivity contribution in [3.05, 3.63) is 33.8 Å². The van der Waals surface area contributed by atoms with E-state index in [0.717, 1.165) is 17.4 Å². The van der Waals surface area contributed by atoms with Gasteiger partial charge in [-0.15, -0.1) is 0 Å². The molecule has 1 aliphatic carbocycles. The molecule has 0 spiro atoms. The zero-order valence-electron chi connectivity index (χ0n) is 11.8. The first-order valence-corrected chi connectivity index (χ1v) is 8.10. The molecule has 2 unspecified atom stereocenters. The van der Waals surface area contributed by atoms with Crippen molar-refractivity contribution >= 4 is 23.2 Å². The third-order valence-corrected chi connectivity index (χ3v) is 4.55. The van der Waals surface area contributed by atoms with Crippen LogP contribution in [0.4, 0.5) is 0 Å². The third kappa shape index (κ3) is 4.37. The normalized spacial score (nSPS) is 18.3. The van der Waals surface area contributed by atoms with Gasteiger partial charge in [0.25, 0.3) is 0 Å². The highest BCUT2D eigenvalue weighted by molar-refractivity contribution is 6.35. The summed E-state index contributed by atoms with van der Waals surface area (Å²) < 4.78 is 0. The highest BCUT2D eigenvalue weighted by Crippen LogP contribution is 2.35.